The predicted octanol–water partition coefficient (Wildman–Crippen LogP) is 2.31. The van der Waals surface area contributed by atoms with Gasteiger partial charge in [-0.3, -0.25) is 9.59 Å². The fourth-order valence-corrected chi connectivity index (χ4v) is 2.00. The average Bonchev–Trinajstić information content (AvgIpc) is 2.49. The van der Waals surface area contributed by atoms with Crippen LogP contribution in [0.1, 0.15) is 34.6 Å². The number of esters is 2. The Labute approximate surface area is 90.5 Å². The number of hydrogen-bond donors (Lipinski definition) is 0. The van der Waals surface area contributed by atoms with Crippen LogP contribution in [0.2, 0.25) is 0 Å². The summed E-state index contributed by atoms with van der Waals surface area (Å²) in [5.41, 5.74) is 1.11. The molecule has 1 saturated carbocycles. The van der Waals surface area contributed by atoms with Crippen molar-refractivity contribution in [3.63, 3.8) is 0 Å². The average molecular weight is 210 g/mol. The van der Waals surface area contributed by atoms with Crippen LogP contribution in [0.5, 0.6) is 0 Å². The molecule has 3 heteroatoms. The predicted molar refractivity (Wildman–Crippen MR) is 57.0 cm³/mol. The van der Waals surface area contributed by atoms with Crippen LogP contribution in [-0.2, 0) is 14.3 Å². The number of carbonyl (C=O) groups excluding carboxylic acids is 2. The largest absolute Gasteiger partial charge is 0.393 e. The number of ether oxygens (including phenoxy) is 1. The third-order valence-electron chi connectivity index (χ3n) is 2.92. The van der Waals surface area contributed by atoms with Crippen molar-refractivity contribution in [2.75, 3.05) is 0 Å². The Hall–Kier alpha value is -1.12. The van der Waals surface area contributed by atoms with E-state index in [-0.39, 0.29) is 17.3 Å². The van der Waals surface area contributed by atoms with Crippen molar-refractivity contribution in [1.82, 2.24) is 0 Å². The summed E-state index contributed by atoms with van der Waals surface area (Å²) < 4.78 is 4.61. The summed E-state index contributed by atoms with van der Waals surface area (Å²) in [5.74, 6) is -0.890. The fourth-order valence-electron chi connectivity index (χ4n) is 2.00. The summed E-state index contributed by atoms with van der Waals surface area (Å²) in [7, 11) is 0. The Morgan fingerprint density at radius 2 is 1.73 bits per heavy atom. The van der Waals surface area contributed by atoms with E-state index in [2.05, 4.69) is 10.8 Å². The second-order valence-corrected chi connectivity index (χ2v) is 4.98. The lowest BCUT2D eigenvalue weighted by Crippen LogP contribution is -2.13. The van der Waals surface area contributed by atoms with E-state index in [0.717, 1.165) is 0 Å². The molecule has 0 radical (unpaired) electrons. The van der Waals surface area contributed by atoms with Crippen LogP contribution in [-0.4, -0.2) is 11.9 Å². The molecule has 0 aromatic rings. The maximum Gasteiger partial charge on any atom is 0.317 e. The van der Waals surface area contributed by atoms with E-state index in [4.69, 9.17) is 0 Å². The van der Waals surface area contributed by atoms with Crippen LogP contribution in [0.4, 0.5) is 0 Å². The molecule has 2 atom stereocenters. The van der Waals surface area contributed by atoms with Crippen molar-refractivity contribution in [2.24, 2.45) is 17.3 Å². The van der Waals surface area contributed by atoms with Crippen LogP contribution in [0.3, 0.4) is 0 Å². The van der Waals surface area contributed by atoms with Gasteiger partial charge >= 0.3 is 11.9 Å². The summed E-state index contributed by atoms with van der Waals surface area (Å²) >= 11 is 0. The number of rotatable bonds is 2. The molecule has 3 nitrogen and oxygen atoms in total. The van der Waals surface area contributed by atoms with Crippen molar-refractivity contribution in [3.05, 3.63) is 11.6 Å². The van der Waals surface area contributed by atoms with Crippen molar-refractivity contribution in [2.45, 2.75) is 34.6 Å². The van der Waals surface area contributed by atoms with E-state index in [1.165, 1.54) is 12.5 Å². The first-order chi connectivity index (χ1) is 6.76. The lowest BCUT2D eigenvalue weighted by atomic mass is 10.1. The molecule has 0 aliphatic heterocycles. The SMILES string of the molecule is CC(=O)OC(=O)C1C(C=C(C)C)C1(C)C. The van der Waals surface area contributed by atoms with Crippen LogP contribution in [0.15, 0.2) is 11.6 Å². The van der Waals surface area contributed by atoms with Gasteiger partial charge in [0, 0.05) is 6.92 Å². The summed E-state index contributed by atoms with van der Waals surface area (Å²) in [5, 5.41) is 0. The molecule has 1 aliphatic rings. The normalized spacial score (nSPS) is 26.7. The van der Waals surface area contributed by atoms with Gasteiger partial charge in [-0.05, 0) is 25.2 Å². The zero-order chi connectivity index (χ0) is 11.8. The molecular formula is C12H18O3. The lowest BCUT2D eigenvalue weighted by molar-refractivity contribution is -0.159. The van der Waals surface area contributed by atoms with E-state index in [1.54, 1.807) is 0 Å². The molecule has 1 aliphatic carbocycles. The van der Waals surface area contributed by atoms with E-state index in [1.807, 2.05) is 27.7 Å². The van der Waals surface area contributed by atoms with Crippen LogP contribution in [0.25, 0.3) is 0 Å². The van der Waals surface area contributed by atoms with Gasteiger partial charge in [-0.2, -0.15) is 0 Å². The minimum absolute atomic E-state index is 0.0796. The quantitative estimate of drug-likeness (QED) is 0.399. The lowest BCUT2D eigenvalue weighted by Gasteiger charge is -2.00. The van der Waals surface area contributed by atoms with Crippen molar-refractivity contribution in [3.8, 4) is 0 Å². The topological polar surface area (TPSA) is 43.4 Å². The highest BCUT2D eigenvalue weighted by Gasteiger charge is 2.61. The Morgan fingerprint density at radius 3 is 2.13 bits per heavy atom. The first-order valence-electron chi connectivity index (χ1n) is 5.14. The zero-order valence-electron chi connectivity index (χ0n) is 9.96. The smallest absolute Gasteiger partial charge is 0.317 e. The third kappa shape index (κ3) is 2.46. The van der Waals surface area contributed by atoms with Gasteiger partial charge in [0.2, 0.25) is 0 Å². The highest BCUT2D eigenvalue weighted by molar-refractivity contribution is 5.88. The number of hydrogen-bond acceptors (Lipinski definition) is 3. The minimum atomic E-state index is -0.529. The molecule has 0 amide bonds. The van der Waals surface area contributed by atoms with Gasteiger partial charge in [0.1, 0.15) is 0 Å². The molecule has 0 saturated heterocycles. The van der Waals surface area contributed by atoms with Crippen molar-refractivity contribution < 1.29 is 14.3 Å². The highest BCUT2D eigenvalue weighted by atomic mass is 16.6. The van der Waals surface area contributed by atoms with E-state index in [9.17, 15) is 9.59 Å². The van der Waals surface area contributed by atoms with Crippen molar-refractivity contribution in [1.29, 1.82) is 0 Å². The Balaban J connectivity index is 2.70. The van der Waals surface area contributed by atoms with Crippen LogP contribution >= 0.6 is 0 Å². The van der Waals surface area contributed by atoms with Gasteiger partial charge in [-0.25, -0.2) is 0 Å². The first kappa shape index (κ1) is 12.0. The maximum absolute atomic E-state index is 11.6. The molecule has 2 unspecified atom stereocenters. The van der Waals surface area contributed by atoms with E-state index < -0.39 is 11.9 Å². The number of carbonyl (C=O) groups is 2. The molecule has 0 N–H and O–H groups in total. The molecule has 1 fully saturated rings. The number of allylic oxidation sites excluding steroid dienone is 2. The van der Waals surface area contributed by atoms with Gasteiger partial charge in [0.25, 0.3) is 0 Å². The third-order valence-corrected chi connectivity index (χ3v) is 2.92. The molecule has 15 heavy (non-hydrogen) atoms. The minimum Gasteiger partial charge on any atom is -0.393 e. The van der Waals surface area contributed by atoms with Gasteiger partial charge in [0.05, 0.1) is 5.92 Å². The summed E-state index contributed by atoms with van der Waals surface area (Å²) in [6, 6.07) is 0. The molecular weight excluding hydrogens is 192 g/mol. The molecule has 0 bridgehead atoms. The van der Waals surface area contributed by atoms with Crippen molar-refractivity contribution >= 4 is 11.9 Å². The molecule has 0 spiro atoms. The summed E-state index contributed by atoms with van der Waals surface area (Å²) in [6.45, 7) is 9.29. The Bertz CT molecular complexity index is 322. The molecule has 0 aromatic heterocycles. The zero-order valence-corrected chi connectivity index (χ0v) is 9.96. The van der Waals surface area contributed by atoms with Gasteiger partial charge in [-0.15, -0.1) is 0 Å². The van der Waals surface area contributed by atoms with Gasteiger partial charge in [0.15, 0.2) is 0 Å². The maximum atomic E-state index is 11.6. The Kier molecular flexibility index (Phi) is 3.03. The summed E-state index contributed by atoms with van der Waals surface area (Å²) in [6.07, 6.45) is 2.08. The van der Waals surface area contributed by atoms with Gasteiger partial charge < -0.3 is 4.74 Å². The first-order valence-corrected chi connectivity index (χ1v) is 5.14. The Morgan fingerprint density at radius 1 is 1.20 bits per heavy atom. The van der Waals surface area contributed by atoms with Crippen LogP contribution in [0, 0.1) is 17.3 Å². The monoisotopic (exact) mass is 210 g/mol. The second-order valence-electron chi connectivity index (χ2n) is 4.98. The molecule has 1 rings (SSSR count). The van der Waals surface area contributed by atoms with Crippen LogP contribution < -0.4 is 0 Å². The molecule has 84 valence electrons. The fraction of sp³-hybridized carbons (Fsp3) is 0.667. The molecule has 0 heterocycles. The second kappa shape index (κ2) is 3.80. The standard InChI is InChI=1S/C12H18O3/c1-7(2)6-9-10(12(9,4)5)11(14)15-8(3)13/h6,9-10H,1-5H3. The summed E-state index contributed by atoms with van der Waals surface area (Å²) in [4.78, 5) is 22.2. The van der Waals surface area contributed by atoms with Gasteiger partial charge in [-0.1, -0.05) is 25.5 Å². The van der Waals surface area contributed by atoms with E-state index in [0.29, 0.717) is 0 Å². The molecule has 0 aromatic carbocycles. The van der Waals surface area contributed by atoms with E-state index >= 15 is 0 Å². The highest BCUT2D eigenvalue weighted by Crippen LogP contribution is 2.59.